The van der Waals surface area contributed by atoms with Crippen LogP contribution in [0.3, 0.4) is 0 Å². The predicted molar refractivity (Wildman–Crippen MR) is 93.9 cm³/mol. The number of furan rings is 1. The lowest BCUT2D eigenvalue weighted by molar-refractivity contribution is 0.200. The Balaban J connectivity index is 1.50. The van der Waals surface area contributed by atoms with Crippen LogP contribution >= 0.6 is 0 Å². The van der Waals surface area contributed by atoms with Gasteiger partial charge in [0.05, 0.1) is 12.0 Å². The molecule has 2 amide bonds. The zero-order valence-electron chi connectivity index (χ0n) is 14.2. The third-order valence-electron chi connectivity index (χ3n) is 5.45. The van der Waals surface area contributed by atoms with Crippen LogP contribution in [0.15, 0.2) is 41.0 Å². The first kappa shape index (κ1) is 16.1. The number of amides is 2. The van der Waals surface area contributed by atoms with E-state index in [0.29, 0.717) is 30.9 Å². The molecule has 25 heavy (non-hydrogen) atoms. The number of benzene rings is 1. The summed E-state index contributed by atoms with van der Waals surface area (Å²) in [6.07, 6.45) is 4.86. The van der Waals surface area contributed by atoms with Crippen LogP contribution in [0.5, 0.6) is 0 Å². The van der Waals surface area contributed by atoms with E-state index in [1.54, 1.807) is 35.4 Å². The van der Waals surface area contributed by atoms with Gasteiger partial charge in [-0.2, -0.15) is 0 Å². The van der Waals surface area contributed by atoms with E-state index in [0.717, 1.165) is 18.4 Å². The topological polar surface area (TPSA) is 48.7 Å². The monoisotopic (exact) mass is 343 g/mol. The SMILES string of the molecule is CN1[C@H]2CC[C@H]1CN(C(=O)Nc1cc(-c3ccco3)ccc1F)CC2. The van der Waals surface area contributed by atoms with Gasteiger partial charge in [0.15, 0.2) is 0 Å². The largest absolute Gasteiger partial charge is 0.464 e. The number of carbonyl (C=O) groups is 1. The Bertz CT molecular complexity index is 762. The number of likely N-dealkylation sites (tertiary alicyclic amines) is 1. The van der Waals surface area contributed by atoms with Gasteiger partial charge >= 0.3 is 6.03 Å². The predicted octanol–water partition coefficient (Wildman–Crippen LogP) is 3.79. The first-order valence-electron chi connectivity index (χ1n) is 8.73. The lowest BCUT2D eigenvalue weighted by atomic mass is 10.1. The quantitative estimate of drug-likeness (QED) is 0.903. The summed E-state index contributed by atoms with van der Waals surface area (Å²) < 4.78 is 19.5. The van der Waals surface area contributed by atoms with Crippen molar-refractivity contribution >= 4 is 11.7 Å². The summed E-state index contributed by atoms with van der Waals surface area (Å²) in [5.74, 6) is 0.196. The van der Waals surface area contributed by atoms with Crippen molar-refractivity contribution in [3.05, 3.63) is 42.4 Å². The number of nitrogens with zero attached hydrogens (tertiary/aromatic N) is 2. The number of fused-ring (bicyclic) bond motifs is 2. The lowest BCUT2D eigenvalue weighted by Gasteiger charge is -2.26. The van der Waals surface area contributed by atoms with E-state index in [4.69, 9.17) is 4.42 Å². The van der Waals surface area contributed by atoms with Crippen LogP contribution in [0, 0.1) is 5.82 Å². The van der Waals surface area contributed by atoms with Gasteiger partial charge in [-0.1, -0.05) is 0 Å². The molecule has 2 aliphatic heterocycles. The molecular weight excluding hydrogens is 321 g/mol. The molecule has 1 aromatic carbocycles. The summed E-state index contributed by atoms with van der Waals surface area (Å²) in [5.41, 5.74) is 0.915. The standard InChI is InChI=1S/C19H22FN3O2/c1-22-14-5-6-15(22)12-23(9-8-14)19(24)21-17-11-13(4-7-16(17)20)18-3-2-10-25-18/h2-4,7,10-11,14-15H,5-6,8-9,12H2,1H3,(H,21,24)/t14-,15-/m0/s1. The molecule has 4 rings (SSSR count). The van der Waals surface area contributed by atoms with Crippen molar-refractivity contribution in [1.29, 1.82) is 0 Å². The average molecular weight is 343 g/mol. The maximum absolute atomic E-state index is 14.2. The Morgan fingerprint density at radius 1 is 1.24 bits per heavy atom. The van der Waals surface area contributed by atoms with E-state index in [2.05, 4.69) is 17.3 Å². The zero-order valence-corrected chi connectivity index (χ0v) is 14.2. The number of nitrogens with one attached hydrogen (secondary N) is 1. The lowest BCUT2D eigenvalue weighted by Crippen LogP contribution is -2.41. The first-order valence-corrected chi connectivity index (χ1v) is 8.73. The molecule has 2 aromatic rings. The van der Waals surface area contributed by atoms with Crippen LogP contribution in [0.25, 0.3) is 11.3 Å². The van der Waals surface area contributed by atoms with Crippen molar-refractivity contribution in [3.8, 4) is 11.3 Å². The number of likely N-dealkylation sites (N-methyl/N-ethyl adjacent to an activating group) is 1. The first-order chi connectivity index (χ1) is 12.1. The van der Waals surface area contributed by atoms with E-state index in [1.807, 2.05) is 0 Å². The molecule has 0 aliphatic carbocycles. The Hall–Kier alpha value is -2.34. The van der Waals surface area contributed by atoms with Crippen LogP contribution in [-0.4, -0.2) is 48.1 Å². The van der Waals surface area contributed by atoms with Gasteiger partial charge in [-0.25, -0.2) is 9.18 Å². The molecule has 132 valence electrons. The number of rotatable bonds is 2. The van der Waals surface area contributed by atoms with Crippen LogP contribution in [-0.2, 0) is 0 Å². The number of carbonyl (C=O) groups excluding carboxylic acids is 1. The molecule has 0 spiro atoms. The minimum atomic E-state index is -0.447. The molecule has 0 saturated carbocycles. The van der Waals surface area contributed by atoms with Gasteiger partial charge < -0.3 is 14.6 Å². The maximum atomic E-state index is 14.2. The highest BCUT2D eigenvalue weighted by molar-refractivity contribution is 5.90. The highest BCUT2D eigenvalue weighted by Crippen LogP contribution is 2.29. The molecule has 2 bridgehead atoms. The van der Waals surface area contributed by atoms with Crippen molar-refractivity contribution in [2.45, 2.75) is 31.3 Å². The molecule has 1 aromatic heterocycles. The zero-order chi connectivity index (χ0) is 17.4. The fourth-order valence-electron chi connectivity index (χ4n) is 3.90. The second-order valence-corrected chi connectivity index (χ2v) is 6.89. The van der Waals surface area contributed by atoms with E-state index >= 15 is 0 Å². The van der Waals surface area contributed by atoms with Gasteiger partial charge in [0, 0.05) is 30.7 Å². The minimum absolute atomic E-state index is 0.182. The molecular formula is C19H22FN3O2. The van der Waals surface area contributed by atoms with Crippen LogP contribution < -0.4 is 5.32 Å². The molecule has 5 nitrogen and oxygen atoms in total. The fourth-order valence-corrected chi connectivity index (χ4v) is 3.90. The Labute approximate surface area is 146 Å². The molecule has 0 radical (unpaired) electrons. The molecule has 6 heteroatoms. The minimum Gasteiger partial charge on any atom is -0.464 e. The number of hydrogen-bond acceptors (Lipinski definition) is 3. The van der Waals surface area contributed by atoms with Gasteiger partial charge in [-0.3, -0.25) is 4.90 Å². The van der Waals surface area contributed by atoms with Crippen molar-refractivity contribution in [2.75, 3.05) is 25.5 Å². The third-order valence-corrected chi connectivity index (χ3v) is 5.45. The van der Waals surface area contributed by atoms with Crippen molar-refractivity contribution in [2.24, 2.45) is 0 Å². The third kappa shape index (κ3) is 3.14. The van der Waals surface area contributed by atoms with Gasteiger partial charge in [0.2, 0.25) is 0 Å². The summed E-state index contributed by atoms with van der Waals surface area (Å²) in [4.78, 5) is 16.8. The number of hydrogen-bond donors (Lipinski definition) is 1. The van der Waals surface area contributed by atoms with Crippen LogP contribution in [0.4, 0.5) is 14.9 Å². The highest BCUT2D eigenvalue weighted by Gasteiger charge is 2.36. The number of urea groups is 1. The molecule has 2 aliphatic rings. The molecule has 3 heterocycles. The molecule has 2 fully saturated rings. The summed E-state index contributed by atoms with van der Waals surface area (Å²) in [7, 11) is 2.14. The van der Waals surface area contributed by atoms with E-state index < -0.39 is 5.82 Å². The summed E-state index contributed by atoms with van der Waals surface area (Å²) in [6, 6.07) is 8.91. The van der Waals surface area contributed by atoms with E-state index in [1.165, 1.54) is 12.5 Å². The van der Waals surface area contributed by atoms with E-state index in [9.17, 15) is 9.18 Å². The molecule has 2 saturated heterocycles. The molecule has 2 atom stereocenters. The molecule has 1 N–H and O–H groups in total. The van der Waals surface area contributed by atoms with E-state index in [-0.39, 0.29) is 11.7 Å². The van der Waals surface area contributed by atoms with Gasteiger partial charge in [-0.15, -0.1) is 0 Å². The van der Waals surface area contributed by atoms with Crippen LogP contribution in [0.2, 0.25) is 0 Å². The maximum Gasteiger partial charge on any atom is 0.321 e. The highest BCUT2D eigenvalue weighted by atomic mass is 19.1. The summed E-state index contributed by atoms with van der Waals surface area (Å²) >= 11 is 0. The second-order valence-electron chi connectivity index (χ2n) is 6.89. The summed E-state index contributed by atoms with van der Waals surface area (Å²) in [5, 5.41) is 2.74. The van der Waals surface area contributed by atoms with Crippen molar-refractivity contribution in [1.82, 2.24) is 9.80 Å². The Morgan fingerprint density at radius 2 is 2.08 bits per heavy atom. The molecule has 0 unspecified atom stereocenters. The smallest absolute Gasteiger partial charge is 0.321 e. The van der Waals surface area contributed by atoms with Crippen molar-refractivity contribution in [3.63, 3.8) is 0 Å². The number of halogens is 1. The van der Waals surface area contributed by atoms with Gasteiger partial charge in [0.25, 0.3) is 0 Å². The Morgan fingerprint density at radius 3 is 2.88 bits per heavy atom. The van der Waals surface area contributed by atoms with Crippen molar-refractivity contribution < 1.29 is 13.6 Å². The Kier molecular flexibility index (Phi) is 4.21. The summed E-state index contributed by atoms with van der Waals surface area (Å²) in [6.45, 7) is 1.40. The normalized spacial score (nSPS) is 23.5. The van der Waals surface area contributed by atoms with Gasteiger partial charge in [-0.05, 0) is 56.6 Å². The number of anilines is 1. The van der Waals surface area contributed by atoms with Gasteiger partial charge in [0.1, 0.15) is 11.6 Å². The fraction of sp³-hybridized carbons (Fsp3) is 0.421. The average Bonchev–Trinajstić information content (AvgIpc) is 3.18. The second kappa shape index (κ2) is 6.52. The van der Waals surface area contributed by atoms with Crippen LogP contribution in [0.1, 0.15) is 19.3 Å².